The van der Waals surface area contributed by atoms with Gasteiger partial charge in [0.2, 0.25) is 0 Å². The predicted molar refractivity (Wildman–Crippen MR) is 73.4 cm³/mol. The van der Waals surface area contributed by atoms with Gasteiger partial charge in [-0.1, -0.05) is 11.3 Å². The second-order valence-corrected chi connectivity index (χ2v) is 7.46. The summed E-state index contributed by atoms with van der Waals surface area (Å²) in [5.41, 5.74) is 6.81. The van der Waals surface area contributed by atoms with Crippen molar-refractivity contribution >= 4 is 26.5 Å². The molecule has 0 atom stereocenters. The largest absolute Gasteiger partial charge is 0.469 e. The molecule has 19 heavy (non-hydrogen) atoms. The number of nitrogen functional groups attached to an aromatic ring is 1. The second-order valence-electron chi connectivity index (χ2n) is 4.19. The number of aromatic nitrogens is 1. The van der Waals surface area contributed by atoms with Gasteiger partial charge in [-0.25, -0.2) is 13.4 Å². The highest BCUT2D eigenvalue weighted by molar-refractivity contribution is 7.91. The van der Waals surface area contributed by atoms with Crippen LogP contribution in [0, 0.1) is 13.8 Å². The first kappa shape index (κ1) is 14.0. The number of anilines is 1. The number of nitrogens with two attached hydrogens (primary N) is 1. The SMILES string of the molecule is Cc1nc(N)sc1S(=O)(=O)N(C)Cc1ccoc1C. The molecule has 0 aromatic carbocycles. The van der Waals surface area contributed by atoms with Crippen molar-refractivity contribution in [2.75, 3.05) is 12.8 Å². The van der Waals surface area contributed by atoms with Crippen molar-refractivity contribution in [3.63, 3.8) is 0 Å². The Hall–Kier alpha value is -1.38. The van der Waals surface area contributed by atoms with E-state index in [2.05, 4.69) is 4.98 Å². The molecule has 0 aliphatic carbocycles. The molecule has 2 N–H and O–H groups in total. The molecule has 2 rings (SSSR count). The molecule has 0 bridgehead atoms. The maximum Gasteiger partial charge on any atom is 0.254 e. The lowest BCUT2D eigenvalue weighted by atomic mass is 10.3. The molecule has 0 saturated carbocycles. The number of sulfonamides is 1. The van der Waals surface area contributed by atoms with Crippen LogP contribution in [0.2, 0.25) is 0 Å². The van der Waals surface area contributed by atoms with E-state index < -0.39 is 10.0 Å². The third kappa shape index (κ3) is 2.65. The van der Waals surface area contributed by atoms with Crippen LogP contribution < -0.4 is 5.73 Å². The molecule has 0 radical (unpaired) electrons. The molecular formula is C11H15N3O3S2. The van der Waals surface area contributed by atoms with Crippen molar-refractivity contribution in [2.24, 2.45) is 0 Å². The zero-order chi connectivity index (χ0) is 14.2. The summed E-state index contributed by atoms with van der Waals surface area (Å²) >= 11 is 0.980. The van der Waals surface area contributed by atoms with Crippen LogP contribution >= 0.6 is 11.3 Å². The number of aryl methyl sites for hydroxylation is 2. The van der Waals surface area contributed by atoms with Crippen molar-refractivity contribution in [2.45, 2.75) is 24.6 Å². The monoisotopic (exact) mass is 301 g/mol. The molecule has 0 aliphatic heterocycles. The van der Waals surface area contributed by atoms with Gasteiger partial charge in [0.05, 0.1) is 12.0 Å². The van der Waals surface area contributed by atoms with E-state index in [1.54, 1.807) is 26.2 Å². The number of nitrogens with zero attached hydrogens (tertiary/aromatic N) is 2. The maximum absolute atomic E-state index is 12.4. The van der Waals surface area contributed by atoms with Gasteiger partial charge in [-0.15, -0.1) is 0 Å². The van der Waals surface area contributed by atoms with Gasteiger partial charge in [0.15, 0.2) is 9.34 Å². The highest BCUT2D eigenvalue weighted by Crippen LogP contribution is 2.28. The molecule has 6 nitrogen and oxygen atoms in total. The molecular weight excluding hydrogens is 286 g/mol. The Bertz CT molecular complexity index is 688. The molecule has 0 unspecified atom stereocenters. The van der Waals surface area contributed by atoms with Crippen molar-refractivity contribution < 1.29 is 12.8 Å². The molecule has 0 saturated heterocycles. The average Bonchev–Trinajstić information content (AvgIpc) is 2.86. The first-order chi connectivity index (χ1) is 8.82. The highest BCUT2D eigenvalue weighted by atomic mass is 32.2. The normalized spacial score (nSPS) is 12.2. The minimum Gasteiger partial charge on any atom is -0.469 e. The highest BCUT2D eigenvalue weighted by Gasteiger charge is 2.26. The summed E-state index contributed by atoms with van der Waals surface area (Å²) in [4.78, 5) is 3.95. The van der Waals surface area contributed by atoms with E-state index in [4.69, 9.17) is 10.2 Å². The van der Waals surface area contributed by atoms with E-state index in [0.29, 0.717) is 11.5 Å². The predicted octanol–water partition coefficient (Wildman–Crippen LogP) is 1.76. The number of hydrogen-bond donors (Lipinski definition) is 1. The number of furan rings is 1. The van der Waals surface area contributed by atoms with Crippen molar-refractivity contribution in [1.29, 1.82) is 0 Å². The number of rotatable bonds is 4. The Morgan fingerprint density at radius 2 is 2.16 bits per heavy atom. The van der Waals surface area contributed by atoms with Crippen LogP contribution in [0.25, 0.3) is 0 Å². The fourth-order valence-corrected chi connectivity index (χ4v) is 4.32. The molecule has 104 valence electrons. The molecule has 0 amide bonds. The summed E-state index contributed by atoms with van der Waals surface area (Å²) < 4.78 is 31.4. The van der Waals surface area contributed by atoms with Gasteiger partial charge in [-0.3, -0.25) is 0 Å². The first-order valence-electron chi connectivity index (χ1n) is 5.54. The third-order valence-corrected chi connectivity index (χ3v) is 6.15. The van der Waals surface area contributed by atoms with Crippen LogP contribution in [-0.2, 0) is 16.6 Å². The van der Waals surface area contributed by atoms with E-state index in [1.165, 1.54) is 11.4 Å². The van der Waals surface area contributed by atoms with E-state index in [0.717, 1.165) is 16.9 Å². The summed E-state index contributed by atoms with van der Waals surface area (Å²) in [7, 11) is -2.05. The van der Waals surface area contributed by atoms with Gasteiger partial charge >= 0.3 is 0 Å². The first-order valence-corrected chi connectivity index (χ1v) is 7.80. The van der Waals surface area contributed by atoms with Crippen molar-refractivity contribution in [1.82, 2.24) is 9.29 Å². The lowest BCUT2D eigenvalue weighted by Crippen LogP contribution is -2.26. The Morgan fingerprint density at radius 1 is 1.47 bits per heavy atom. The summed E-state index contributed by atoms with van der Waals surface area (Å²) in [6, 6.07) is 1.76. The molecule has 2 aromatic rings. The van der Waals surface area contributed by atoms with Gasteiger partial charge in [0, 0.05) is 19.2 Å². The van der Waals surface area contributed by atoms with E-state index in [-0.39, 0.29) is 15.9 Å². The van der Waals surface area contributed by atoms with Gasteiger partial charge < -0.3 is 10.2 Å². The zero-order valence-corrected chi connectivity index (χ0v) is 12.5. The Kier molecular flexibility index (Phi) is 3.66. The van der Waals surface area contributed by atoms with Crippen LogP contribution in [0.5, 0.6) is 0 Å². The third-order valence-electron chi connectivity index (χ3n) is 2.77. The van der Waals surface area contributed by atoms with Gasteiger partial charge in [-0.2, -0.15) is 4.31 Å². The summed E-state index contributed by atoms with van der Waals surface area (Å²) in [5, 5.41) is 0.254. The van der Waals surface area contributed by atoms with E-state index in [1.807, 2.05) is 0 Å². The van der Waals surface area contributed by atoms with Gasteiger partial charge in [0.1, 0.15) is 5.76 Å². The van der Waals surface area contributed by atoms with Crippen LogP contribution in [0.4, 0.5) is 5.13 Å². The quantitative estimate of drug-likeness (QED) is 0.929. The smallest absolute Gasteiger partial charge is 0.254 e. The molecule has 8 heteroatoms. The molecule has 0 spiro atoms. The van der Waals surface area contributed by atoms with Crippen LogP contribution in [0.15, 0.2) is 21.0 Å². The van der Waals surface area contributed by atoms with E-state index >= 15 is 0 Å². The molecule has 2 heterocycles. The Balaban J connectivity index is 2.30. The molecule has 0 fully saturated rings. The van der Waals surface area contributed by atoms with Crippen molar-refractivity contribution in [3.8, 4) is 0 Å². The second kappa shape index (κ2) is 4.95. The standard InChI is InChI=1S/C11H15N3O3S2/c1-7-10(18-11(12)13-7)19(15,16)14(3)6-9-4-5-17-8(9)2/h4-5H,6H2,1-3H3,(H2,12,13). The summed E-state index contributed by atoms with van der Waals surface area (Å²) in [6.07, 6.45) is 1.54. The molecule has 2 aromatic heterocycles. The minimum atomic E-state index is -3.57. The molecule has 0 aliphatic rings. The van der Waals surface area contributed by atoms with Crippen molar-refractivity contribution in [3.05, 3.63) is 29.3 Å². The lowest BCUT2D eigenvalue weighted by molar-refractivity contribution is 0.460. The van der Waals surface area contributed by atoms with Gasteiger partial charge in [-0.05, 0) is 19.9 Å². The zero-order valence-electron chi connectivity index (χ0n) is 10.9. The number of thiazole rings is 1. The Morgan fingerprint density at radius 3 is 2.63 bits per heavy atom. The van der Waals surface area contributed by atoms with Gasteiger partial charge in [0.25, 0.3) is 10.0 Å². The topological polar surface area (TPSA) is 89.4 Å². The summed E-state index contributed by atoms with van der Waals surface area (Å²) in [6.45, 7) is 3.68. The fourth-order valence-electron chi connectivity index (χ4n) is 1.68. The van der Waals surface area contributed by atoms with Crippen LogP contribution in [0.1, 0.15) is 17.0 Å². The minimum absolute atomic E-state index is 0.189. The fraction of sp³-hybridized carbons (Fsp3) is 0.364. The van der Waals surface area contributed by atoms with Crippen LogP contribution in [0.3, 0.4) is 0 Å². The number of hydrogen-bond acceptors (Lipinski definition) is 6. The maximum atomic E-state index is 12.4. The van der Waals surface area contributed by atoms with E-state index in [9.17, 15) is 8.42 Å². The Labute approximate surface area is 115 Å². The average molecular weight is 301 g/mol. The van der Waals surface area contributed by atoms with Crippen LogP contribution in [-0.4, -0.2) is 24.8 Å². The summed E-state index contributed by atoms with van der Waals surface area (Å²) in [5.74, 6) is 0.711. The lowest BCUT2D eigenvalue weighted by Gasteiger charge is -2.15.